The Morgan fingerprint density at radius 1 is 1.31 bits per heavy atom. The predicted octanol–water partition coefficient (Wildman–Crippen LogP) is 1.96. The van der Waals surface area contributed by atoms with Crippen LogP contribution >= 0.6 is 11.8 Å². The van der Waals surface area contributed by atoms with Crippen LogP contribution in [-0.4, -0.2) is 48.1 Å². The smallest absolute Gasteiger partial charge is 0.0281 e. The molecule has 1 aliphatic carbocycles. The largest absolute Gasteiger partial charge is 0.312 e. The van der Waals surface area contributed by atoms with Gasteiger partial charge in [-0.15, -0.1) is 0 Å². The van der Waals surface area contributed by atoms with E-state index in [4.69, 9.17) is 0 Å². The first kappa shape index (κ1) is 11.4. The van der Waals surface area contributed by atoms with Crippen molar-refractivity contribution in [1.82, 2.24) is 10.2 Å². The predicted molar refractivity (Wildman–Crippen MR) is 71.1 cm³/mol. The van der Waals surface area contributed by atoms with Crippen LogP contribution in [0.1, 0.15) is 32.1 Å². The van der Waals surface area contributed by atoms with Crippen molar-refractivity contribution in [2.75, 3.05) is 32.4 Å². The summed E-state index contributed by atoms with van der Waals surface area (Å²) in [5.41, 5.74) is 0. The van der Waals surface area contributed by atoms with Gasteiger partial charge in [-0.05, 0) is 50.9 Å². The van der Waals surface area contributed by atoms with Crippen molar-refractivity contribution < 1.29 is 0 Å². The lowest BCUT2D eigenvalue weighted by Gasteiger charge is -2.43. The zero-order valence-electron chi connectivity index (χ0n) is 10.4. The molecule has 2 aliphatic heterocycles. The number of nitrogens with zero attached hydrogens (tertiary/aromatic N) is 1. The van der Waals surface area contributed by atoms with Gasteiger partial charge in [-0.2, -0.15) is 11.8 Å². The standard InChI is InChI=1S/C13H24N2S/c1-16-13(5-2-6-13)10-14-12-4-8-15-7-3-11(12)9-15/h11-12,14H,2-10H2,1H3. The first-order valence-electron chi connectivity index (χ1n) is 6.82. The SMILES string of the molecule is CSC1(CNC2CCN3CCC2C3)CCC1. The number of fused-ring (bicyclic) bond motifs is 2. The summed E-state index contributed by atoms with van der Waals surface area (Å²) >= 11 is 2.09. The van der Waals surface area contributed by atoms with Gasteiger partial charge in [-0.1, -0.05) is 6.42 Å². The average molecular weight is 240 g/mol. The quantitative estimate of drug-likeness (QED) is 0.809. The molecule has 3 atom stereocenters. The van der Waals surface area contributed by atoms with Crippen LogP contribution in [0.2, 0.25) is 0 Å². The molecule has 0 aromatic rings. The summed E-state index contributed by atoms with van der Waals surface area (Å²) in [7, 11) is 0. The molecule has 2 bridgehead atoms. The van der Waals surface area contributed by atoms with Crippen LogP contribution in [0.4, 0.5) is 0 Å². The Hall–Kier alpha value is 0.270. The molecule has 1 N–H and O–H groups in total. The van der Waals surface area contributed by atoms with E-state index in [1.54, 1.807) is 0 Å². The molecule has 92 valence electrons. The lowest BCUT2D eigenvalue weighted by molar-refractivity contribution is 0.210. The summed E-state index contributed by atoms with van der Waals surface area (Å²) in [6.07, 6.45) is 9.43. The van der Waals surface area contributed by atoms with Gasteiger partial charge in [0.2, 0.25) is 0 Å². The molecule has 2 saturated heterocycles. The third-order valence-electron chi connectivity index (χ3n) is 5.02. The van der Waals surface area contributed by atoms with Gasteiger partial charge in [0.25, 0.3) is 0 Å². The van der Waals surface area contributed by atoms with Crippen LogP contribution in [0.25, 0.3) is 0 Å². The van der Waals surface area contributed by atoms with Crippen molar-refractivity contribution >= 4 is 11.8 Å². The van der Waals surface area contributed by atoms with Gasteiger partial charge >= 0.3 is 0 Å². The van der Waals surface area contributed by atoms with E-state index in [-0.39, 0.29) is 0 Å². The molecule has 0 spiro atoms. The molecular formula is C13H24N2S. The van der Waals surface area contributed by atoms with E-state index in [1.807, 2.05) is 0 Å². The first-order chi connectivity index (χ1) is 7.81. The number of hydrogen-bond acceptors (Lipinski definition) is 3. The molecule has 3 heteroatoms. The molecule has 3 aliphatic rings. The van der Waals surface area contributed by atoms with Gasteiger partial charge in [0.1, 0.15) is 0 Å². The van der Waals surface area contributed by atoms with E-state index in [9.17, 15) is 0 Å². The van der Waals surface area contributed by atoms with E-state index in [0.717, 1.165) is 12.0 Å². The summed E-state index contributed by atoms with van der Waals surface area (Å²) in [5.74, 6) is 0.952. The monoisotopic (exact) mass is 240 g/mol. The topological polar surface area (TPSA) is 15.3 Å². The molecule has 16 heavy (non-hydrogen) atoms. The maximum Gasteiger partial charge on any atom is 0.0281 e. The van der Waals surface area contributed by atoms with Gasteiger partial charge in [0.15, 0.2) is 0 Å². The Labute approximate surface area is 104 Å². The highest BCUT2D eigenvalue weighted by Crippen LogP contribution is 2.42. The van der Waals surface area contributed by atoms with Crippen molar-refractivity contribution in [3.63, 3.8) is 0 Å². The highest BCUT2D eigenvalue weighted by atomic mass is 32.2. The first-order valence-corrected chi connectivity index (χ1v) is 8.05. The molecule has 1 saturated carbocycles. The van der Waals surface area contributed by atoms with Crippen LogP contribution in [0.5, 0.6) is 0 Å². The number of nitrogens with one attached hydrogen (secondary N) is 1. The lowest BCUT2D eigenvalue weighted by Crippen LogP contribution is -2.51. The molecule has 3 unspecified atom stereocenters. The molecule has 0 aromatic heterocycles. The number of rotatable bonds is 4. The fourth-order valence-corrected chi connectivity index (χ4v) is 4.49. The fourth-order valence-electron chi connectivity index (χ4n) is 3.56. The van der Waals surface area contributed by atoms with Gasteiger partial charge in [0.05, 0.1) is 0 Å². The van der Waals surface area contributed by atoms with Crippen molar-refractivity contribution in [3.05, 3.63) is 0 Å². The van der Waals surface area contributed by atoms with Crippen molar-refractivity contribution in [1.29, 1.82) is 0 Å². The molecule has 0 amide bonds. The van der Waals surface area contributed by atoms with Crippen LogP contribution in [-0.2, 0) is 0 Å². The maximum absolute atomic E-state index is 3.90. The fraction of sp³-hybridized carbons (Fsp3) is 1.00. The van der Waals surface area contributed by atoms with Gasteiger partial charge < -0.3 is 10.2 Å². The van der Waals surface area contributed by atoms with Gasteiger partial charge in [-0.3, -0.25) is 0 Å². The van der Waals surface area contributed by atoms with Crippen LogP contribution in [0, 0.1) is 5.92 Å². The van der Waals surface area contributed by atoms with Crippen LogP contribution in [0.15, 0.2) is 0 Å². The lowest BCUT2D eigenvalue weighted by atomic mass is 9.83. The molecule has 3 rings (SSSR count). The van der Waals surface area contributed by atoms with E-state index in [1.165, 1.54) is 58.3 Å². The van der Waals surface area contributed by atoms with E-state index in [2.05, 4.69) is 28.2 Å². The Morgan fingerprint density at radius 2 is 2.12 bits per heavy atom. The van der Waals surface area contributed by atoms with Crippen LogP contribution < -0.4 is 5.32 Å². The van der Waals surface area contributed by atoms with Gasteiger partial charge in [0, 0.05) is 23.9 Å². The van der Waals surface area contributed by atoms with Crippen molar-refractivity contribution in [3.8, 4) is 0 Å². The van der Waals surface area contributed by atoms with E-state index < -0.39 is 0 Å². The molecule has 0 radical (unpaired) electrons. The molecule has 2 heterocycles. The zero-order valence-corrected chi connectivity index (χ0v) is 11.2. The summed E-state index contributed by atoms with van der Waals surface area (Å²) in [6.45, 7) is 5.32. The van der Waals surface area contributed by atoms with Crippen molar-refractivity contribution in [2.45, 2.75) is 42.9 Å². The Morgan fingerprint density at radius 3 is 2.81 bits per heavy atom. The zero-order chi connectivity index (χ0) is 11.0. The Balaban J connectivity index is 1.51. The second-order valence-electron chi connectivity index (χ2n) is 5.87. The summed E-state index contributed by atoms with van der Waals surface area (Å²) in [4.78, 5) is 2.64. The van der Waals surface area contributed by atoms with E-state index in [0.29, 0.717) is 4.75 Å². The van der Waals surface area contributed by atoms with E-state index >= 15 is 0 Å². The summed E-state index contributed by atoms with van der Waals surface area (Å²) in [6, 6.07) is 0.823. The minimum atomic E-state index is 0.607. The third kappa shape index (κ3) is 2.02. The highest BCUT2D eigenvalue weighted by Gasteiger charge is 2.39. The normalized spacial score (nSPS) is 40.7. The Bertz CT molecular complexity index is 247. The minimum absolute atomic E-state index is 0.607. The van der Waals surface area contributed by atoms with Gasteiger partial charge in [-0.25, -0.2) is 0 Å². The van der Waals surface area contributed by atoms with Crippen LogP contribution in [0.3, 0.4) is 0 Å². The number of thioether (sulfide) groups is 1. The molecule has 3 fully saturated rings. The number of hydrogen-bond donors (Lipinski definition) is 1. The second-order valence-corrected chi connectivity index (χ2v) is 7.14. The Kier molecular flexibility index (Phi) is 3.20. The molecular weight excluding hydrogens is 216 g/mol. The summed E-state index contributed by atoms with van der Waals surface area (Å²) in [5, 5.41) is 3.90. The average Bonchev–Trinajstić information content (AvgIpc) is 2.63. The third-order valence-corrected chi connectivity index (χ3v) is 6.44. The minimum Gasteiger partial charge on any atom is -0.312 e. The maximum atomic E-state index is 3.90. The molecule has 0 aromatic carbocycles. The number of piperidine rings is 1. The second kappa shape index (κ2) is 4.51. The highest BCUT2D eigenvalue weighted by molar-refractivity contribution is 8.00. The molecule has 2 nitrogen and oxygen atoms in total. The van der Waals surface area contributed by atoms with Crippen molar-refractivity contribution in [2.24, 2.45) is 5.92 Å². The summed E-state index contributed by atoms with van der Waals surface area (Å²) < 4.78 is 0.607.